The summed E-state index contributed by atoms with van der Waals surface area (Å²) in [6.45, 7) is 0. The van der Waals surface area contributed by atoms with Gasteiger partial charge in [-0.1, -0.05) is 6.07 Å². The Morgan fingerprint density at radius 1 is 1.45 bits per heavy atom. The summed E-state index contributed by atoms with van der Waals surface area (Å²) in [7, 11) is -2.81. The maximum Gasteiger partial charge on any atom is 0.176 e. The van der Waals surface area contributed by atoms with Crippen molar-refractivity contribution in [2.24, 2.45) is 0 Å². The summed E-state index contributed by atoms with van der Waals surface area (Å²) >= 11 is 1.57. The molecule has 4 heteroatoms. The van der Waals surface area contributed by atoms with E-state index in [1.54, 1.807) is 11.3 Å². The smallest absolute Gasteiger partial charge is 0.176 e. The second-order valence-electron chi connectivity index (χ2n) is 2.43. The van der Waals surface area contributed by atoms with Gasteiger partial charge in [0.05, 0.1) is 5.75 Å². The van der Waals surface area contributed by atoms with Crippen molar-refractivity contribution in [2.45, 2.75) is 0 Å². The first-order valence-electron chi connectivity index (χ1n) is 3.15. The summed E-state index contributed by atoms with van der Waals surface area (Å²) in [6, 6.07) is 3.86. The van der Waals surface area contributed by atoms with E-state index in [9.17, 15) is 8.42 Å². The molecule has 0 unspecified atom stereocenters. The van der Waals surface area contributed by atoms with Crippen LogP contribution in [0, 0.1) is 0 Å². The normalized spacial score (nSPS) is 20.5. The average Bonchev–Trinajstić information content (AvgIpc) is 2.32. The second-order valence-corrected chi connectivity index (χ2v) is 5.23. The van der Waals surface area contributed by atoms with Crippen LogP contribution in [0.5, 0.6) is 0 Å². The Morgan fingerprint density at radius 2 is 2.18 bits per heavy atom. The molecule has 2 rings (SSSR count). The highest BCUT2D eigenvalue weighted by molar-refractivity contribution is 7.96. The first-order valence-corrected chi connectivity index (χ1v) is 5.74. The molecule has 1 aliphatic heterocycles. The first kappa shape index (κ1) is 7.06. The summed E-state index contributed by atoms with van der Waals surface area (Å²) < 4.78 is 21.4. The topological polar surface area (TPSA) is 34.1 Å². The fourth-order valence-electron chi connectivity index (χ4n) is 1.00. The van der Waals surface area contributed by atoms with E-state index in [4.69, 9.17) is 0 Å². The number of hydrogen-bond acceptors (Lipinski definition) is 3. The molecule has 0 N–H and O–H groups in total. The van der Waals surface area contributed by atoms with Crippen LogP contribution < -0.4 is 0 Å². The lowest BCUT2D eigenvalue weighted by Crippen LogP contribution is -2.14. The summed E-state index contributed by atoms with van der Waals surface area (Å²) in [5.74, 6) is 0.216. The largest absolute Gasteiger partial charge is 0.224 e. The van der Waals surface area contributed by atoms with Crippen LogP contribution in [0.4, 0.5) is 0 Å². The van der Waals surface area contributed by atoms with E-state index < -0.39 is 9.84 Å². The van der Waals surface area contributed by atoms with Crippen LogP contribution in [0.2, 0.25) is 0 Å². The highest BCUT2D eigenvalue weighted by atomic mass is 32.2. The zero-order valence-electron chi connectivity index (χ0n) is 5.65. The summed E-state index contributed by atoms with van der Waals surface area (Å²) in [4.78, 5) is 1.07. The molecule has 11 heavy (non-hydrogen) atoms. The lowest BCUT2D eigenvalue weighted by Gasteiger charge is -2.12. The van der Waals surface area contributed by atoms with E-state index in [0.717, 1.165) is 10.5 Å². The van der Waals surface area contributed by atoms with Gasteiger partial charge in [0.15, 0.2) is 9.84 Å². The van der Waals surface area contributed by atoms with E-state index in [1.807, 2.05) is 17.5 Å². The number of rotatable bonds is 1. The molecular weight excluding hydrogens is 180 g/mol. The van der Waals surface area contributed by atoms with E-state index in [1.165, 1.54) is 5.41 Å². The van der Waals surface area contributed by atoms with Crippen molar-refractivity contribution in [3.63, 3.8) is 0 Å². The second kappa shape index (κ2) is 2.19. The van der Waals surface area contributed by atoms with E-state index in [0.29, 0.717) is 0 Å². The molecule has 1 aromatic rings. The van der Waals surface area contributed by atoms with Crippen molar-refractivity contribution in [2.75, 3.05) is 5.75 Å². The average molecular weight is 186 g/mol. The highest BCUT2D eigenvalue weighted by Gasteiger charge is 2.23. The Balaban J connectivity index is 2.38. The van der Waals surface area contributed by atoms with Gasteiger partial charge in [-0.3, -0.25) is 0 Å². The van der Waals surface area contributed by atoms with Gasteiger partial charge in [0.1, 0.15) is 0 Å². The van der Waals surface area contributed by atoms with Crippen LogP contribution >= 0.6 is 11.3 Å². The summed E-state index contributed by atoms with van der Waals surface area (Å²) in [5, 5.41) is 3.29. The number of thiophene rings is 1. The van der Waals surface area contributed by atoms with Gasteiger partial charge in [-0.15, -0.1) is 11.3 Å². The number of hydrogen-bond donors (Lipinski definition) is 0. The number of sulfone groups is 1. The van der Waals surface area contributed by atoms with Gasteiger partial charge in [0.25, 0.3) is 0 Å². The Bertz CT molecular complexity index is 384. The van der Waals surface area contributed by atoms with Gasteiger partial charge in [-0.05, 0) is 17.0 Å². The molecule has 0 saturated heterocycles. The third kappa shape index (κ3) is 1.23. The standard InChI is InChI=1S/C7H6O2S2/c8-11(9)4-6(5-11)7-2-1-3-10-7/h1-4H,5H2. The molecule has 2 nitrogen and oxygen atoms in total. The van der Waals surface area contributed by atoms with Crippen LogP contribution in [-0.4, -0.2) is 14.2 Å². The minimum absolute atomic E-state index is 0.216. The van der Waals surface area contributed by atoms with Crippen LogP contribution in [0.1, 0.15) is 4.88 Å². The van der Waals surface area contributed by atoms with E-state index in [-0.39, 0.29) is 5.75 Å². The Labute approximate surface area is 69.1 Å². The molecule has 0 saturated carbocycles. The molecule has 0 aliphatic carbocycles. The zero-order chi connectivity index (χ0) is 7.90. The molecule has 0 amide bonds. The third-order valence-electron chi connectivity index (χ3n) is 1.52. The molecular formula is C7H6O2S2. The SMILES string of the molecule is O=S1(=O)C=C(c2cccs2)C1. The van der Waals surface area contributed by atoms with Gasteiger partial charge in [-0.2, -0.15) is 0 Å². The molecule has 0 aromatic carbocycles. The maximum absolute atomic E-state index is 10.7. The van der Waals surface area contributed by atoms with Crippen molar-refractivity contribution >= 4 is 26.7 Å². The summed E-state index contributed by atoms with van der Waals surface area (Å²) in [6.07, 6.45) is 0. The minimum Gasteiger partial charge on any atom is -0.224 e. The van der Waals surface area contributed by atoms with Crippen molar-refractivity contribution in [3.8, 4) is 0 Å². The van der Waals surface area contributed by atoms with Gasteiger partial charge in [-0.25, -0.2) is 8.42 Å². The van der Waals surface area contributed by atoms with Crippen LogP contribution in [0.25, 0.3) is 5.57 Å². The molecule has 1 aromatic heterocycles. The third-order valence-corrected chi connectivity index (χ3v) is 3.82. The zero-order valence-corrected chi connectivity index (χ0v) is 7.28. The predicted molar refractivity (Wildman–Crippen MR) is 46.1 cm³/mol. The minimum atomic E-state index is -2.81. The van der Waals surface area contributed by atoms with Crippen molar-refractivity contribution in [3.05, 3.63) is 27.8 Å². The van der Waals surface area contributed by atoms with Gasteiger partial charge >= 0.3 is 0 Å². The molecule has 0 atom stereocenters. The van der Waals surface area contributed by atoms with Gasteiger partial charge in [0.2, 0.25) is 0 Å². The molecule has 0 bridgehead atoms. The van der Waals surface area contributed by atoms with Crippen molar-refractivity contribution < 1.29 is 8.42 Å². The van der Waals surface area contributed by atoms with Gasteiger partial charge in [0, 0.05) is 10.3 Å². The van der Waals surface area contributed by atoms with E-state index >= 15 is 0 Å². The molecule has 0 fully saturated rings. The Hall–Kier alpha value is -0.610. The molecule has 58 valence electrons. The fourth-order valence-corrected chi connectivity index (χ4v) is 3.01. The predicted octanol–water partition coefficient (Wildman–Crippen LogP) is 1.52. The van der Waals surface area contributed by atoms with Crippen LogP contribution in [0.15, 0.2) is 22.9 Å². The first-order chi connectivity index (χ1) is 5.17. The molecule has 0 spiro atoms. The maximum atomic E-state index is 10.7. The Kier molecular flexibility index (Phi) is 1.40. The summed E-state index contributed by atoms with van der Waals surface area (Å²) in [5.41, 5.74) is 0.944. The monoisotopic (exact) mass is 186 g/mol. The highest BCUT2D eigenvalue weighted by Crippen LogP contribution is 2.29. The van der Waals surface area contributed by atoms with E-state index in [2.05, 4.69) is 0 Å². The quantitative estimate of drug-likeness (QED) is 0.666. The fraction of sp³-hybridized carbons (Fsp3) is 0.143. The molecule has 1 aliphatic rings. The Morgan fingerprint density at radius 3 is 2.64 bits per heavy atom. The van der Waals surface area contributed by atoms with Crippen molar-refractivity contribution in [1.82, 2.24) is 0 Å². The van der Waals surface area contributed by atoms with Gasteiger partial charge < -0.3 is 0 Å². The van der Waals surface area contributed by atoms with Crippen molar-refractivity contribution in [1.29, 1.82) is 0 Å². The van der Waals surface area contributed by atoms with Crippen LogP contribution in [0.3, 0.4) is 0 Å². The molecule has 2 heterocycles. The lowest BCUT2D eigenvalue weighted by atomic mass is 10.3. The lowest BCUT2D eigenvalue weighted by molar-refractivity contribution is 0.605. The molecule has 0 radical (unpaired) electrons. The van der Waals surface area contributed by atoms with Crippen LogP contribution in [-0.2, 0) is 9.84 Å².